The van der Waals surface area contributed by atoms with Crippen molar-refractivity contribution >= 4 is 6.16 Å². The molecule has 2 unspecified atom stereocenters. The van der Waals surface area contributed by atoms with Gasteiger partial charge in [0.1, 0.15) is 25.0 Å². The highest BCUT2D eigenvalue weighted by Gasteiger charge is 2.39. The highest BCUT2D eigenvalue weighted by Crippen LogP contribution is 2.29. The fourth-order valence-electron chi connectivity index (χ4n) is 2.24. The zero-order valence-electron chi connectivity index (χ0n) is 12.6. The fourth-order valence-corrected chi connectivity index (χ4v) is 2.24. The number of carbonyl (C=O) groups excluding carboxylic acids is 1. The molecule has 0 radical (unpaired) electrons. The van der Waals surface area contributed by atoms with Crippen LogP contribution in [-0.2, 0) is 14.2 Å². The van der Waals surface area contributed by atoms with Gasteiger partial charge in [-0.3, -0.25) is 14.3 Å². The molecule has 1 aromatic rings. The molecule has 0 saturated carbocycles. The van der Waals surface area contributed by atoms with Crippen molar-refractivity contribution in [1.82, 2.24) is 9.55 Å². The van der Waals surface area contributed by atoms with Gasteiger partial charge in [0.05, 0.1) is 6.61 Å². The topological polar surface area (TPSA) is 120 Å². The Labute approximate surface area is 131 Å². The summed E-state index contributed by atoms with van der Waals surface area (Å²) in [6, 6.07) is 0. The first-order valence-corrected chi connectivity index (χ1v) is 6.99. The van der Waals surface area contributed by atoms with E-state index in [-0.39, 0.29) is 13.0 Å². The molecule has 2 heterocycles. The van der Waals surface area contributed by atoms with Crippen LogP contribution in [0.15, 0.2) is 28.4 Å². The van der Waals surface area contributed by atoms with Crippen molar-refractivity contribution in [2.45, 2.75) is 31.8 Å². The normalized spacial score (nSPS) is 23.5. The molecule has 1 fully saturated rings. The molecule has 3 atom stereocenters. The Kier molecular flexibility index (Phi) is 5.35. The van der Waals surface area contributed by atoms with Crippen LogP contribution in [0, 0.1) is 6.92 Å². The molecule has 0 aromatic carbocycles. The van der Waals surface area contributed by atoms with Gasteiger partial charge in [-0.05, 0) is 6.92 Å². The predicted molar refractivity (Wildman–Crippen MR) is 78.1 cm³/mol. The van der Waals surface area contributed by atoms with Gasteiger partial charge in [-0.15, -0.1) is 0 Å². The number of rotatable bonds is 5. The summed E-state index contributed by atoms with van der Waals surface area (Å²) in [5.41, 5.74) is -0.788. The molecule has 1 saturated heterocycles. The molecular weight excluding hydrogens is 308 g/mol. The van der Waals surface area contributed by atoms with Crippen LogP contribution in [0.5, 0.6) is 0 Å². The fraction of sp³-hybridized carbons (Fsp3) is 0.500. The monoisotopic (exact) mass is 326 g/mol. The van der Waals surface area contributed by atoms with Crippen LogP contribution in [0.4, 0.5) is 4.79 Å². The second-order valence-electron chi connectivity index (χ2n) is 5.03. The Morgan fingerprint density at radius 1 is 1.61 bits per heavy atom. The minimum absolute atomic E-state index is 0.00178. The Bertz CT molecular complexity index is 693. The second-order valence-corrected chi connectivity index (χ2v) is 5.03. The van der Waals surface area contributed by atoms with Gasteiger partial charge >= 0.3 is 11.8 Å². The summed E-state index contributed by atoms with van der Waals surface area (Å²) in [5, 5.41) is 9.34. The Morgan fingerprint density at radius 2 is 2.35 bits per heavy atom. The highest BCUT2D eigenvalue weighted by atomic mass is 16.7. The minimum atomic E-state index is -0.914. The smallest absolute Gasteiger partial charge is 0.430 e. The van der Waals surface area contributed by atoms with Gasteiger partial charge in [-0.2, -0.15) is 0 Å². The van der Waals surface area contributed by atoms with Crippen molar-refractivity contribution in [3.63, 3.8) is 0 Å². The molecular formula is C14H18N2O7. The number of nitrogens with one attached hydrogen (secondary N) is 1. The van der Waals surface area contributed by atoms with Gasteiger partial charge in [0.15, 0.2) is 0 Å². The van der Waals surface area contributed by atoms with E-state index >= 15 is 0 Å². The molecule has 0 spiro atoms. The molecule has 2 rings (SSSR count). The van der Waals surface area contributed by atoms with E-state index < -0.39 is 42.4 Å². The maximum Gasteiger partial charge on any atom is 0.508 e. The van der Waals surface area contributed by atoms with Crippen LogP contribution < -0.4 is 11.2 Å². The summed E-state index contributed by atoms with van der Waals surface area (Å²) in [7, 11) is 0. The van der Waals surface area contributed by atoms with Gasteiger partial charge in [0.25, 0.3) is 5.56 Å². The molecule has 2 N–H and O–H groups in total. The van der Waals surface area contributed by atoms with E-state index in [4.69, 9.17) is 14.2 Å². The molecule has 9 nitrogen and oxygen atoms in total. The van der Waals surface area contributed by atoms with Crippen LogP contribution in [0.3, 0.4) is 0 Å². The van der Waals surface area contributed by atoms with Crippen molar-refractivity contribution in [3.05, 3.63) is 45.3 Å². The highest BCUT2D eigenvalue weighted by molar-refractivity contribution is 5.60. The largest absolute Gasteiger partial charge is 0.508 e. The van der Waals surface area contributed by atoms with E-state index in [0.29, 0.717) is 5.56 Å². The summed E-state index contributed by atoms with van der Waals surface area (Å²) >= 11 is 0. The van der Waals surface area contributed by atoms with Crippen LogP contribution in [0.25, 0.3) is 0 Å². The Morgan fingerprint density at radius 3 is 3.00 bits per heavy atom. The van der Waals surface area contributed by atoms with Crippen molar-refractivity contribution in [2.24, 2.45) is 0 Å². The number of nitrogens with zero attached hydrogens (tertiary/aromatic N) is 1. The predicted octanol–water partition coefficient (Wildman–Crippen LogP) is -0.167. The Hall–Kier alpha value is -2.39. The van der Waals surface area contributed by atoms with Gasteiger partial charge in [-0.25, -0.2) is 9.59 Å². The first-order valence-electron chi connectivity index (χ1n) is 6.99. The van der Waals surface area contributed by atoms with Crippen molar-refractivity contribution in [3.8, 4) is 0 Å². The lowest BCUT2D eigenvalue weighted by Gasteiger charge is -2.15. The average molecular weight is 326 g/mol. The zero-order valence-corrected chi connectivity index (χ0v) is 12.6. The van der Waals surface area contributed by atoms with E-state index in [9.17, 15) is 19.5 Å². The molecule has 0 bridgehead atoms. The first-order chi connectivity index (χ1) is 11.0. The van der Waals surface area contributed by atoms with Gasteiger partial charge in [0, 0.05) is 18.2 Å². The lowest BCUT2D eigenvalue weighted by atomic mass is 10.2. The van der Waals surface area contributed by atoms with Crippen molar-refractivity contribution in [1.29, 1.82) is 0 Å². The standard InChI is InChI=1S/C14H18N2O7/c1-3-4-21-14(20)23-9-5-11(22-10(9)7-17)16-6-8(2)12(18)15-13(16)19/h3,6,9-11,17H,1,4-5,7H2,2H3,(H,15,18,19)/t9-,10?,11?/m1/s1. The molecule has 1 aliphatic rings. The van der Waals surface area contributed by atoms with Gasteiger partial charge in [0.2, 0.25) is 0 Å². The lowest BCUT2D eigenvalue weighted by Crippen LogP contribution is -2.33. The van der Waals surface area contributed by atoms with Crippen LogP contribution >= 0.6 is 0 Å². The second kappa shape index (κ2) is 7.25. The molecule has 9 heteroatoms. The number of aryl methyl sites for hydroxylation is 1. The third-order valence-electron chi connectivity index (χ3n) is 3.38. The molecule has 0 aliphatic carbocycles. The summed E-state index contributed by atoms with van der Waals surface area (Å²) < 4.78 is 16.5. The van der Waals surface area contributed by atoms with Gasteiger partial charge in [-0.1, -0.05) is 12.7 Å². The number of aliphatic hydroxyl groups is 1. The number of ether oxygens (including phenoxy) is 3. The Balaban J connectivity index is 2.14. The molecule has 23 heavy (non-hydrogen) atoms. The van der Waals surface area contributed by atoms with Crippen LogP contribution in [0.1, 0.15) is 18.2 Å². The zero-order chi connectivity index (χ0) is 17.0. The third kappa shape index (κ3) is 3.88. The number of aliphatic hydroxyl groups excluding tert-OH is 1. The number of H-pyrrole nitrogens is 1. The van der Waals surface area contributed by atoms with Crippen LogP contribution in [-0.4, -0.2) is 46.2 Å². The minimum Gasteiger partial charge on any atom is -0.430 e. The quantitative estimate of drug-likeness (QED) is 0.569. The summed E-state index contributed by atoms with van der Waals surface area (Å²) in [6.45, 7) is 4.56. The number of aromatic amines is 1. The average Bonchev–Trinajstić information content (AvgIpc) is 2.91. The SMILES string of the molecule is C=CCOC(=O)O[C@@H]1CC(n2cc(C)c(=O)[nH]c2=O)OC1CO. The number of hydrogen-bond donors (Lipinski definition) is 2. The molecule has 1 aliphatic heterocycles. The maximum atomic E-state index is 11.9. The van der Waals surface area contributed by atoms with E-state index in [0.717, 1.165) is 0 Å². The van der Waals surface area contributed by atoms with Crippen molar-refractivity contribution in [2.75, 3.05) is 13.2 Å². The van der Waals surface area contributed by atoms with Crippen molar-refractivity contribution < 1.29 is 24.1 Å². The first kappa shape index (κ1) is 17.0. The maximum absolute atomic E-state index is 11.9. The van der Waals surface area contributed by atoms with Gasteiger partial charge < -0.3 is 19.3 Å². The number of hydrogen-bond acceptors (Lipinski definition) is 7. The number of aromatic nitrogens is 2. The summed E-state index contributed by atoms with van der Waals surface area (Å²) in [5.74, 6) is 0. The van der Waals surface area contributed by atoms with Crippen LogP contribution in [0.2, 0.25) is 0 Å². The van der Waals surface area contributed by atoms with E-state index in [1.807, 2.05) is 0 Å². The number of carbonyl (C=O) groups is 1. The summed E-state index contributed by atoms with van der Waals surface area (Å²) in [4.78, 5) is 36.9. The van der Waals surface area contributed by atoms with E-state index in [1.165, 1.54) is 16.8 Å². The molecule has 1 aromatic heterocycles. The lowest BCUT2D eigenvalue weighted by molar-refractivity contribution is -0.0566. The molecule has 0 amide bonds. The van der Waals surface area contributed by atoms with E-state index in [2.05, 4.69) is 11.6 Å². The third-order valence-corrected chi connectivity index (χ3v) is 3.38. The molecule has 126 valence electrons. The van der Waals surface area contributed by atoms with E-state index in [1.54, 1.807) is 6.92 Å². The summed E-state index contributed by atoms with van der Waals surface area (Å²) in [6.07, 6.45) is -0.369.